The van der Waals surface area contributed by atoms with Gasteiger partial charge in [-0.2, -0.15) is 0 Å². The van der Waals surface area contributed by atoms with Crippen LogP contribution in [0.25, 0.3) is 0 Å². The molecule has 0 aliphatic rings. The summed E-state index contributed by atoms with van der Waals surface area (Å²) in [6, 6.07) is 17.6. The second kappa shape index (κ2) is 16.0. The van der Waals surface area contributed by atoms with E-state index in [-0.39, 0.29) is 56.8 Å². The highest BCUT2D eigenvalue weighted by molar-refractivity contribution is 5.94. The molecule has 37 heavy (non-hydrogen) atoms. The van der Waals surface area contributed by atoms with E-state index < -0.39 is 23.6 Å². The normalized spacial score (nSPS) is 9.95. The van der Waals surface area contributed by atoms with Gasteiger partial charge < -0.3 is 10.6 Å². The summed E-state index contributed by atoms with van der Waals surface area (Å²) in [6.45, 7) is 0. The third kappa shape index (κ3) is 13.1. The van der Waals surface area contributed by atoms with Crippen molar-refractivity contribution in [1.29, 1.82) is 0 Å². The van der Waals surface area contributed by atoms with Crippen molar-refractivity contribution in [3.63, 3.8) is 0 Å². The first-order chi connectivity index (χ1) is 17.8. The van der Waals surface area contributed by atoms with Gasteiger partial charge >= 0.3 is 0 Å². The summed E-state index contributed by atoms with van der Waals surface area (Å²) < 4.78 is 0. The van der Waals surface area contributed by atoms with Crippen LogP contribution in [0.2, 0.25) is 0 Å². The molecule has 2 aromatic rings. The number of carbonyl (C=O) groups is 6. The highest BCUT2D eigenvalue weighted by atomic mass is 16.2. The Morgan fingerprint density at radius 1 is 0.405 bits per heavy atom. The highest BCUT2D eigenvalue weighted by Crippen LogP contribution is 2.07. The number of rotatable bonds is 12. The first kappa shape index (κ1) is 28.5. The van der Waals surface area contributed by atoms with Gasteiger partial charge in [0.05, 0.1) is 0 Å². The van der Waals surface area contributed by atoms with Crippen molar-refractivity contribution in [2.75, 3.05) is 10.6 Å². The number of para-hydroxylation sites is 2. The van der Waals surface area contributed by atoms with Gasteiger partial charge in [0.15, 0.2) is 0 Å². The van der Waals surface area contributed by atoms with Crippen molar-refractivity contribution < 1.29 is 28.8 Å². The lowest BCUT2D eigenvalue weighted by molar-refractivity contribution is -0.130. The summed E-state index contributed by atoms with van der Waals surface area (Å²) in [4.78, 5) is 70.9. The van der Waals surface area contributed by atoms with Gasteiger partial charge in [-0.05, 0) is 30.7 Å². The fourth-order valence-electron chi connectivity index (χ4n) is 2.88. The molecule has 2 aromatic carbocycles. The summed E-state index contributed by atoms with van der Waals surface area (Å²) in [6.07, 6.45) is -0.266. The van der Waals surface area contributed by atoms with Crippen LogP contribution < -0.4 is 32.3 Å². The number of benzene rings is 2. The number of hydrazine groups is 2. The maximum atomic E-state index is 11.8. The van der Waals surface area contributed by atoms with E-state index >= 15 is 0 Å². The Morgan fingerprint density at radius 2 is 0.703 bits per heavy atom. The molecule has 0 aliphatic carbocycles. The van der Waals surface area contributed by atoms with Crippen molar-refractivity contribution in [3.8, 4) is 0 Å². The van der Waals surface area contributed by atoms with Crippen LogP contribution in [-0.4, -0.2) is 35.4 Å². The Balaban J connectivity index is 1.48. The van der Waals surface area contributed by atoms with Crippen LogP contribution in [0, 0.1) is 0 Å². The highest BCUT2D eigenvalue weighted by Gasteiger charge is 2.11. The van der Waals surface area contributed by atoms with E-state index in [1.165, 1.54) is 0 Å². The largest absolute Gasteiger partial charge is 0.326 e. The molecule has 0 fully saturated rings. The van der Waals surface area contributed by atoms with Gasteiger partial charge in [-0.1, -0.05) is 36.4 Å². The fraction of sp³-hybridized carbons (Fsp3) is 0.280. The van der Waals surface area contributed by atoms with Crippen LogP contribution in [0.5, 0.6) is 0 Å². The van der Waals surface area contributed by atoms with E-state index in [9.17, 15) is 28.8 Å². The smallest absolute Gasteiger partial charge is 0.238 e. The summed E-state index contributed by atoms with van der Waals surface area (Å²) >= 11 is 0. The molecule has 6 N–H and O–H groups in total. The number of anilines is 2. The van der Waals surface area contributed by atoms with E-state index in [0.717, 1.165) is 0 Å². The van der Waals surface area contributed by atoms with Gasteiger partial charge in [0.25, 0.3) is 0 Å². The van der Waals surface area contributed by atoms with Crippen LogP contribution in [0.4, 0.5) is 11.4 Å². The van der Waals surface area contributed by atoms with Gasteiger partial charge in [-0.25, -0.2) is 0 Å². The number of hydrogen-bond donors (Lipinski definition) is 6. The quantitative estimate of drug-likeness (QED) is 0.235. The summed E-state index contributed by atoms with van der Waals surface area (Å²) in [5.41, 5.74) is 10.1. The second-order valence-electron chi connectivity index (χ2n) is 7.87. The lowest BCUT2D eigenvalue weighted by Gasteiger charge is -2.09. The summed E-state index contributed by atoms with van der Waals surface area (Å²) in [7, 11) is 0. The average Bonchev–Trinajstić information content (AvgIpc) is 2.89. The van der Waals surface area contributed by atoms with Crippen LogP contribution >= 0.6 is 0 Å². The topological polar surface area (TPSA) is 175 Å². The van der Waals surface area contributed by atoms with Crippen molar-refractivity contribution >= 4 is 46.8 Å². The molecule has 196 valence electrons. The van der Waals surface area contributed by atoms with Crippen molar-refractivity contribution in [2.24, 2.45) is 0 Å². The molecule has 0 aromatic heterocycles. The Hall–Kier alpha value is -4.74. The monoisotopic (exact) mass is 510 g/mol. The van der Waals surface area contributed by atoms with E-state index in [1.54, 1.807) is 48.5 Å². The molecular weight excluding hydrogens is 480 g/mol. The third-order valence-corrected chi connectivity index (χ3v) is 4.76. The summed E-state index contributed by atoms with van der Waals surface area (Å²) in [5.74, 6) is -2.75. The molecule has 0 spiro atoms. The zero-order chi connectivity index (χ0) is 26.9. The molecule has 2 rings (SSSR count). The predicted octanol–water partition coefficient (Wildman–Crippen LogP) is 1.29. The van der Waals surface area contributed by atoms with Gasteiger partial charge in [-0.15, -0.1) is 0 Å². The first-order valence-electron chi connectivity index (χ1n) is 11.7. The number of hydrogen-bond acceptors (Lipinski definition) is 6. The zero-order valence-electron chi connectivity index (χ0n) is 20.2. The minimum atomic E-state index is -0.533. The van der Waals surface area contributed by atoms with Crippen LogP contribution in [0.3, 0.4) is 0 Å². The first-order valence-corrected chi connectivity index (χ1v) is 11.7. The second-order valence-corrected chi connectivity index (χ2v) is 7.87. The minimum absolute atomic E-state index is 0.0458. The van der Waals surface area contributed by atoms with Crippen molar-refractivity contribution in [3.05, 3.63) is 60.7 Å². The molecule has 0 saturated carbocycles. The van der Waals surface area contributed by atoms with E-state index in [4.69, 9.17) is 0 Å². The average molecular weight is 511 g/mol. The maximum Gasteiger partial charge on any atom is 0.238 e. The fourth-order valence-corrected chi connectivity index (χ4v) is 2.88. The van der Waals surface area contributed by atoms with Gasteiger partial charge in [0.1, 0.15) is 0 Å². The van der Waals surface area contributed by atoms with Gasteiger partial charge in [-0.3, -0.25) is 50.5 Å². The van der Waals surface area contributed by atoms with E-state index in [1.807, 2.05) is 12.1 Å². The molecule has 0 radical (unpaired) electrons. The van der Waals surface area contributed by atoms with E-state index in [0.29, 0.717) is 11.4 Å². The Labute approximate surface area is 213 Å². The number of nitrogens with one attached hydrogen (secondary N) is 6. The van der Waals surface area contributed by atoms with Crippen molar-refractivity contribution in [2.45, 2.75) is 44.9 Å². The van der Waals surface area contributed by atoms with Crippen molar-refractivity contribution in [1.82, 2.24) is 21.7 Å². The van der Waals surface area contributed by atoms with Crippen LogP contribution in [-0.2, 0) is 28.8 Å². The molecule has 6 amide bonds. The van der Waals surface area contributed by atoms with E-state index in [2.05, 4.69) is 32.3 Å². The molecule has 0 bridgehead atoms. The molecule has 0 saturated heterocycles. The molecule has 0 aliphatic heterocycles. The molecule has 12 heteroatoms. The number of carbonyl (C=O) groups excluding carboxylic acids is 6. The Morgan fingerprint density at radius 3 is 1.05 bits per heavy atom. The number of amides is 6. The van der Waals surface area contributed by atoms with Gasteiger partial charge in [0.2, 0.25) is 35.4 Å². The SMILES string of the molecule is O=C(CCCC(=O)NNC(=O)CCC(=O)Nc1ccccc1)NNC(=O)CCC(=O)Nc1ccccc1. The lowest BCUT2D eigenvalue weighted by Crippen LogP contribution is -2.42. The summed E-state index contributed by atoms with van der Waals surface area (Å²) in [5, 5.41) is 5.30. The minimum Gasteiger partial charge on any atom is -0.326 e. The maximum absolute atomic E-state index is 11.8. The van der Waals surface area contributed by atoms with Crippen LogP contribution in [0.1, 0.15) is 44.9 Å². The lowest BCUT2D eigenvalue weighted by atomic mass is 10.2. The Bertz CT molecular complexity index is 992. The molecule has 0 unspecified atom stereocenters. The standard InChI is InChI=1S/C25H30N6O6/c32-20(26-18-8-3-1-4-9-18)14-16-24(36)30-28-22(34)12-7-13-23(35)29-31-25(37)17-15-21(33)27-19-10-5-2-6-11-19/h1-6,8-11H,7,12-17H2,(H,26,32)(H,27,33)(H,28,34)(H,29,35)(H,30,36)(H,31,37). The molecule has 0 heterocycles. The van der Waals surface area contributed by atoms with Gasteiger partial charge in [0, 0.05) is 49.9 Å². The third-order valence-electron chi connectivity index (χ3n) is 4.76. The molecular formula is C25H30N6O6. The molecule has 0 atom stereocenters. The molecule has 12 nitrogen and oxygen atoms in total. The zero-order valence-corrected chi connectivity index (χ0v) is 20.2. The predicted molar refractivity (Wildman–Crippen MR) is 135 cm³/mol. The van der Waals surface area contributed by atoms with Crippen LogP contribution in [0.15, 0.2) is 60.7 Å². The Kier molecular flexibility index (Phi) is 12.3.